The Bertz CT molecular complexity index is 683. The minimum Gasteiger partial charge on any atom is -0.494 e. The van der Waals surface area contributed by atoms with Gasteiger partial charge < -0.3 is 14.8 Å². The Morgan fingerprint density at radius 3 is 2.38 bits per heavy atom. The van der Waals surface area contributed by atoms with Crippen molar-refractivity contribution in [3.05, 3.63) is 65.7 Å². The maximum Gasteiger partial charge on any atom is 0.338 e. The SMILES string of the molecule is CCCCCOc1ccc(C(=O)OCC(=O)NCc2ccccc2)cc1. The first-order valence-corrected chi connectivity index (χ1v) is 8.89. The number of ether oxygens (including phenoxy) is 2. The van der Waals surface area contributed by atoms with E-state index in [9.17, 15) is 9.59 Å². The summed E-state index contributed by atoms with van der Waals surface area (Å²) in [7, 11) is 0. The van der Waals surface area contributed by atoms with Crippen molar-refractivity contribution in [2.45, 2.75) is 32.7 Å². The number of carbonyl (C=O) groups is 2. The normalized spacial score (nSPS) is 10.2. The number of esters is 1. The monoisotopic (exact) mass is 355 g/mol. The van der Waals surface area contributed by atoms with Crippen molar-refractivity contribution in [2.24, 2.45) is 0 Å². The van der Waals surface area contributed by atoms with E-state index >= 15 is 0 Å². The Morgan fingerprint density at radius 2 is 1.69 bits per heavy atom. The molecule has 2 rings (SSSR count). The molecule has 5 nitrogen and oxygen atoms in total. The van der Waals surface area contributed by atoms with Crippen molar-refractivity contribution in [3.8, 4) is 5.75 Å². The van der Waals surface area contributed by atoms with Crippen molar-refractivity contribution >= 4 is 11.9 Å². The molecule has 0 saturated carbocycles. The van der Waals surface area contributed by atoms with Gasteiger partial charge in [-0.3, -0.25) is 4.79 Å². The number of amides is 1. The van der Waals surface area contributed by atoms with Crippen molar-refractivity contribution in [3.63, 3.8) is 0 Å². The van der Waals surface area contributed by atoms with Crippen LogP contribution < -0.4 is 10.1 Å². The zero-order valence-corrected chi connectivity index (χ0v) is 15.1. The number of rotatable bonds is 10. The van der Waals surface area contributed by atoms with E-state index in [1.807, 2.05) is 30.3 Å². The lowest BCUT2D eigenvalue weighted by Gasteiger charge is -2.08. The maximum atomic E-state index is 12.0. The summed E-state index contributed by atoms with van der Waals surface area (Å²) in [5, 5.41) is 2.71. The molecule has 0 spiro atoms. The molecule has 0 heterocycles. The van der Waals surface area contributed by atoms with E-state index in [1.54, 1.807) is 24.3 Å². The summed E-state index contributed by atoms with van der Waals surface area (Å²) in [6.07, 6.45) is 3.29. The predicted molar refractivity (Wildman–Crippen MR) is 100 cm³/mol. The van der Waals surface area contributed by atoms with Gasteiger partial charge in [0.2, 0.25) is 0 Å². The van der Waals surface area contributed by atoms with Gasteiger partial charge in [0.05, 0.1) is 12.2 Å². The molecule has 0 unspecified atom stereocenters. The van der Waals surface area contributed by atoms with E-state index in [4.69, 9.17) is 9.47 Å². The Morgan fingerprint density at radius 1 is 0.962 bits per heavy atom. The topological polar surface area (TPSA) is 64.6 Å². The molecule has 0 aromatic heterocycles. The quantitative estimate of drug-likeness (QED) is 0.521. The highest BCUT2D eigenvalue weighted by molar-refractivity contribution is 5.91. The number of unbranched alkanes of at least 4 members (excludes halogenated alkanes) is 2. The van der Waals surface area contributed by atoms with Crippen LogP contribution in [0.1, 0.15) is 42.1 Å². The van der Waals surface area contributed by atoms with Gasteiger partial charge in [-0.15, -0.1) is 0 Å². The van der Waals surface area contributed by atoms with Crippen LogP contribution in [0.15, 0.2) is 54.6 Å². The van der Waals surface area contributed by atoms with Crippen molar-refractivity contribution in [1.29, 1.82) is 0 Å². The summed E-state index contributed by atoms with van der Waals surface area (Å²) < 4.78 is 10.6. The van der Waals surface area contributed by atoms with E-state index in [1.165, 1.54) is 0 Å². The van der Waals surface area contributed by atoms with Crippen LogP contribution in [-0.4, -0.2) is 25.1 Å². The van der Waals surface area contributed by atoms with Crippen molar-refractivity contribution in [2.75, 3.05) is 13.2 Å². The summed E-state index contributed by atoms with van der Waals surface area (Å²) in [5.74, 6) is -0.145. The van der Waals surface area contributed by atoms with Gasteiger partial charge in [-0.05, 0) is 36.2 Å². The lowest BCUT2D eigenvalue weighted by Crippen LogP contribution is -2.28. The van der Waals surface area contributed by atoms with Crippen LogP contribution >= 0.6 is 0 Å². The fourth-order valence-corrected chi connectivity index (χ4v) is 2.29. The number of benzene rings is 2. The van der Waals surface area contributed by atoms with Crippen LogP contribution in [0, 0.1) is 0 Å². The van der Waals surface area contributed by atoms with E-state index < -0.39 is 5.97 Å². The lowest BCUT2D eigenvalue weighted by molar-refractivity contribution is -0.124. The van der Waals surface area contributed by atoms with Gasteiger partial charge in [-0.25, -0.2) is 4.79 Å². The molecule has 0 bridgehead atoms. The van der Waals surface area contributed by atoms with Gasteiger partial charge in [0, 0.05) is 6.54 Å². The predicted octanol–water partition coefficient (Wildman–Crippen LogP) is 3.73. The van der Waals surface area contributed by atoms with Crippen LogP contribution in [0.3, 0.4) is 0 Å². The standard InChI is InChI=1S/C21H25NO4/c1-2-3-7-14-25-19-12-10-18(11-13-19)21(24)26-16-20(23)22-15-17-8-5-4-6-9-17/h4-6,8-13H,2-3,7,14-16H2,1H3,(H,22,23). The van der Waals surface area contributed by atoms with Crippen molar-refractivity contribution in [1.82, 2.24) is 5.32 Å². The Labute approximate surface area is 154 Å². The minimum atomic E-state index is -0.530. The summed E-state index contributed by atoms with van der Waals surface area (Å²) in [5.41, 5.74) is 1.38. The van der Waals surface area contributed by atoms with Gasteiger partial charge in [-0.1, -0.05) is 50.1 Å². The summed E-state index contributed by atoms with van der Waals surface area (Å²) >= 11 is 0. The third kappa shape index (κ3) is 6.97. The molecule has 0 aliphatic heterocycles. The minimum absolute atomic E-state index is 0.305. The molecule has 138 valence electrons. The number of nitrogens with one attached hydrogen (secondary N) is 1. The first-order valence-electron chi connectivity index (χ1n) is 8.89. The first kappa shape index (κ1) is 19.5. The molecule has 0 atom stereocenters. The molecule has 2 aromatic rings. The van der Waals surface area contributed by atoms with Gasteiger partial charge in [0.1, 0.15) is 5.75 Å². The summed E-state index contributed by atoms with van der Waals surface area (Å²) in [4.78, 5) is 23.8. The molecule has 1 amide bonds. The molecule has 5 heteroatoms. The second-order valence-electron chi connectivity index (χ2n) is 5.92. The van der Waals surface area contributed by atoms with Crippen LogP contribution in [0.4, 0.5) is 0 Å². The molecule has 0 fully saturated rings. The lowest BCUT2D eigenvalue weighted by atomic mass is 10.2. The van der Waals surface area contributed by atoms with Gasteiger partial charge in [-0.2, -0.15) is 0 Å². The molecular weight excluding hydrogens is 330 g/mol. The number of carbonyl (C=O) groups excluding carboxylic acids is 2. The fourth-order valence-electron chi connectivity index (χ4n) is 2.29. The first-order chi connectivity index (χ1) is 12.7. The Kier molecular flexibility index (Phi) is 8.19. The van der Waals surface area contributed by atoms with E-state index in [-0.39, 0.29) is 12.5 Å². The highest BCUT2D eigenvalue weighted by atomic mass is 16.5. The molecule has 0 aliphatic carbocycles. The average molecular weight is 355 g/mol. The number of hydrogen-bond acceptors (Lipinski definition) is 4. The van der Waals surface area contributed by atoms with E-state index in [0.29, 0.717) is 18.7 Å². The van der Waals surface area contributed by atoms with Gasteiger partial charge in [0.15, 0.2) is 6.61 Å². The van der Waals surface area contributed by atoms with Gasteiger partial charge in [0.25, 0.3) is 5.91 Å². The molecule has 2 aromatic carbocycles. The molecule has 0 radical (unpaired) electrons. The molecule has 1 N–H and O–H groups in total. The Hall–Kier alpha value is -2.82. The summed E-state index contributed by atoms with van der Waals surface area (Å²) in [6.45, 7) is 2.91. The van der Waals surface area contributed by atoms with Gasteiger partial charge >= 0.3 is 5.97 Å². The maximum absolute atomic E-state index is 12.0. The highest BCUT2D eigenvalue weighted by Crippen LogP contribution is 2.13. The fraction of sp³-hybridized carbons (Fsp3) is 0.333. The second-order valence-corrected chi connectivity index (χ2v) is 5.92. The second kappa shape index (κ2) is 10.9. The zero-order valence-electron chi connectivity index (χ0n) is 15.1. The summed E-state index contributed by atoms with van der Waals surface area (Å²) in [6, 6.07) is 16.3. The third-order valence-electron chi connectivity index (χ3n) is 3.77. The molecule has 26 heavy (non-hydrogen) atoms. The number of hydrogen-bond donors (Lipinski definition) is 1. The smallest absolute Gasteiger partial charge is 0.338 e. The van der Waals surface area contributed by atoms with Crippen LogP contribution in [0.5, 0.6) is 5.75 Å². The molecule has 0 aliphatic rings. The zero-order chi connectivity index (χ0) is 18.6. The van der Waals surface area contributed by atoms with Crippen LogP contribution in [0.25, 0.3) is 0 Å². The molecular formula is C21H25NO4. The Balaban J connectivity index is 1.70. The molecule has 0 saturated heterocycles. The van der Waals surface area contributed by atoms with E-state index in [2.05, 4.69) is 12.2 Å². The van der Waals surface area contributed by atoms with E-state index in [0.717, 1.165) is 30.6 Å². The van der Waals surface area contributed by atoms with Crippen LogP contribution in [0.2, 0.25) is 0 Å². The van der Waals surface area contributed by atoms with Crippen LogP contribution in [-0.2, 0) is 16.1 Å². The van der Waals surface area contributed by atoms with Crippen molar-refractivity contribution < 1.29 is 19.1 Å². The largest absolute Gasteiger partial charge is 0.494 e. The third-order valence-corrected chi connectivity index (χ3v) is 3.77. The highest BCUT2D eigenvalue weighted by Gasteiger charge is 2.10. The average Bonchev–Trinajstić information content (AvgIpc) is 2.69.